The van der Waals surface area contributed by atoms with Crippen molar-refractivity contribution in [3.8, 4) is 0 Å². The van der Waals surface area contributed by atoms with E-state index in [9.17, 15) is 14.0 Å². The third kappa shape index (κ3) is 6.12. The van der Waals surface area contributed by atoms with Gasteiger partial charge in [-0.05, 0) is 60.6 Å². The van der Waals surface area contributed by atoms with Gasteiger partial charge in [-0.1, -0.05) is 79.9 Å². The highest BCUT2D eigenvalue weighted by Gasteiger charge is 2.45. The molecule has 2 aliphatic rings. The Kier molecular flexibility index (Phi) is 8.79. The molecule has 3 aromatic rings. The van der Waals surface area contributed by atoms with Gasteiger partial charge in [0.2, 0.25) is 5.91 Å². The molecule has 3 aromatic carbocycles. The van der Waals surface area contributed by atoms with Gasteiger partial charge < -0.3 is 10.2 Å². The molecule has 6 heteroatoms. The smallest absolute Gasteiger partial charge is 0.255 e. The molecule has 2 fully saturated rings. The summed E-state index contributed by atoms with van der Waals surface area (Å²) in [6.07, 6.45) is 6.48. The number of halogens is 1. The van der Waals surface area contributed by atoms with Gasteiger partial charge in [0, 0.05) is 23.8 Å². The Bertz CT molecular complexity index is 1160. The SMILES string of the molecule is O=C(NCCC(c1ccccc1)c1ccccc1)C1CSC(C2CCCCC2)N1C(=O)c1ccc(F)cc1. The quantitative estimate of drug-likeness (QED) is 0.356. The molecule has 198 valence electrons. The largest absolute Gasteiger partial charge is 0.354 e. The van der Waals surface area contributed by atoms with Crippen LogP contribution in [0, 0.1) is 11.7 Å². The van der Waals surface area contributed by atoms with Crippen LogP contribution >= 0.6 is 11.8 Å². The molecule has 0 radical (unpaired) electrons. The van der Waals surface area contributed by atoms with E-state index in [0.717, 1.165) is 32.1 Å². The third-order valence-corrected chi connectivity index (χ3v) is 9.31. The summed E-state index contributed by atoms with van der Waals surface area (Å²) >= 11 is 1.72. The van der Waals surface area contributed by atoms with Gasteiger partial charge in [-0.2, -0.15) is 0 Å². The van der Waals surface area contributed by atoms with E-state index in [-0.39, 0.29) is 28.9 Å². The second kappa shape index (κ2) is 12.6. The standard InChI is InChI=1S/C32H35FN2O2S/c33-27-18-16-25(17-19-27)31(37)35-29(22-38-32(35)26-14-8-3-9-15-26)30(36)34-21-20-28(23-10-4-1-5-11-23)24-12-6-2-7-13-24/h1-2,4-7,10-13,16-19,26,28-29,32H,3,8-9,14-15,20-22H2,(H,34,36). The molecule has 0 spiro atoms. The first-order valence-electron chi connectivity index (χ1n) is 13.7. The van der Waals surface area contributed by atoms with Gasteiger partial charge in [0.25, 0.3) is 5.91 Å². The lowest BCUT2D eigenvalue weighted by Crippen LogP contribution is -2.51. The molecule has 5 rings (SSSR count). The van der Waals surface area contributed by atoms with E-state index in [1.54, 1.807) is 16.7 Å². The zero-order valence-electron chi connectivity index (χ0n) is 21.6. The lowest BCUT2D eigenvalue weighted by molar-refractivity contribution is -0.125. The normalized spacial score (nSPS) is 20.0. The van der Waals surface area contributed by atoms with E-state index in [1.807, 2.05) is 36.4 Å². The monoisotopic (exact) mass is 530 g/mol. The first kappa shape index (κ1) is 26.5. The minimum absolute atomic E-state index is 0.0232. The summed E-state index contributed by atoms with van der Waals surface area (Å²) in [7, 11) is 0. The Morgan fingerprint density at radius 2 is 1.47 bits per heavy atom. The molecule has 2 atom stereocenters. The molecule has 1 saturated carbocycles. The number of rotatable bonds is 8. The van der Waals surface area contributed by atoms with E-state index >= 15 is 0 Å². The maximum atomic E-state index is 13.7. The molecule has 2 unspecified atom stereocenters. The summed E-state index contributed by atoms with van der Waals surface area (Å²) in [5.74, 6) is 0.477. The number of carbonyl (C=O) groups is 2. The van der Waals surface area contributed by atoms with Crippen LogP contribution in [0.3, 0.4) is 0 Å². The topological polar surface area (TPSA) is 49.4 Å². The summed E-state index contributed by atoms with van der Waals surface area (Å²) in [5.41, 5.74) is 2.87. The van der Waals surface area contributed by atoms with Crippen LogP contribution in [0.2, 0.25) is 0 Å². The minimum atomic E-state index is -0.531. The third-order valence-electron chi connectivity index (χ3n) is 7.85. The van der Waals surface area contributed by atoms with Crippen LogP contribution in [0.15, 0.2) is 84.9 Å². The molecule has 1 aliphatic heterocycles. The molecule has 1 heterocycles. The number of amides is 2. The van der Waals surface area contributed by atoms with Crippen LogP contribution in [0.25, 0.3) is 0 Å². The second-order valence-corrected chi connectivity index (χ2v) is 11.5. The fourth-order valence-electron chi connectivity index (χ4n) is 5.86. The van der Waals surface area contributed by atoms with Crippen molar-refractivity contribution in [2.24, 2.45) is 5.92 Å². The Hall–Kier alpha value is -3.12. The second-order valence-electron chi connectivity index (χ2n) is 10.3. The summed E-state index contributed by atoms with van der Waals surface area (Å²) < 4.78 is 13.6. The van der Waals surface area contributed by atoms with Crippen molar-refractivity contribution in [1.29, 1.82) is 0 Å². The fourth-order valence-corrected chi connectivity index (χ4v) is 7.50. The van der Waals surface area contributed by atoms with Gasteiger partial charge in [-0.15, -0.1) is 11.8 Å². The average Bonchev–Trinajstić information content (AvgIpc) is 3.42. The van der Waals surface area contributed by atoms with Crippen LogP contribution in [0.5, 0.6) is 0 Å². The number of hydrogen-bond donors (Lipinski definition) is 1. The number of benzene rings is 3. The average molecular weight is 531 g/mol. The molecule has 2 amide bonds. The Morgan fingerprint density at radius 3 is 2.08 bits per heavy atom. The van der Waals surface area contributed by atoms with Crippen LogP contribution in [-0.2, 0) is 4.79 Å². The molecular weight excluding hydrogens is 495 g/mol. The zero-order chi connectivity index (χ0) is 26.3. The van der Waals surface area contributed by atoms with Crippen LogP contribution < -0.4 is 5.32 Å². The Morgan fingerprint density at radius 1 is 0.868 bits per heavy atom. The first-order chi connectivity index (χ1) is 18.6. The molecule has 1 N–H and O–H groups in total. The summed E-state index contributed by atoms with van der Waals surface area (Å²) in [6.45, 7) is 0.515. The number of hydrogen-bond acceptors (Lipinski definition) is 3. The van der Waals surface area contributed by atoms with Crippen molar-refractivity contribution >= 4 is 23.6 Å². The lowest BCUT2D eigenvalue weighted by Gasteiger charge is -2.35. The van der Waals surface area contributed by atoms with Gasteiger partial charge >= 0.3 is 0 Å². The highest BCUT2D eigenvalue weighted by Crippen LogP contribution is 2.41. The van der Waals surface area contributed by atoms with Crippen molar-refractivity contribution in [3.63, 3.8) is 0 Å². The first-order valence-corrected chi connectivity index (χ1v) is 14.7. The van der Waals surface area contributed by atoms with Crippen LogP contribution in [0.4, 0.5) is 4.39 Å². The molecule has 1 saturated heterocycles. The fraction of sp³-hybridized carbons (Fsp3) is 0.375. The zero-order valence-corrected chi connectivity index (χ0v) is 22.4. The highest BCUT2D eigenvalue weighted by atomic mass is 32.2. The van der Waals surface area contributed by atoms with Gasteiger partial charge in [-0.25, -0.2) is 4.39 Å². The number of nitrogens with zero attached hydrogens (tertiary/aromatic N) is 1. The molecule has 1 aliphatic carbocycles. The van der Waals surface area contributed by atoms with Crippen molar-refractivity contribution < 1.29 is 14.0 Å². The number of carbonyl (C=O) groups excluding carboxylic acids is 2. The molecule has 0 bridgehead atoms. The summed E-state index contributed by atoms with van der Waals surface area (Å²) in [6, 6.07) is 25.9. The number of thioether (sulfide) groups is 1. The van der Waals surface area contributed by atoms with Gasteiger partial charge in [0.15, 0.2) is 0 Å². The molecular formula is C32H35FN2O2S. The van der Waals surface area contributed by atoms with E-state index in [2.05, 4.69) is 29.6 Å². The van der Waals surface area contributed by atoms with Crippen molar-refractivity contribution in [3.05, 3.63) is 107 Å². The molecule has 0 aromatic heterocycles. The van der Waals surface area contributed by atoms with Gasteiger partial charge in [0.05, 0.1) is 5.37 Å². The minimum Gasteiger partial charge on any atom is -0.354 e. The van der Waals surface area contributed by atoms with Crippen LogP contribution in [0.1, 0.15) is 65.9 Å². The van der Waals surface area contributed by atoms with Crippen molar-refractivity contribution in [2.75, 3.05) is 12.3 Å². The Balaban J connectivity index is 1.30. The van der Waals surface area contributed by atoms with E-state index < -0.39 is 6.04 Å². The molecule has 38 heavy (non-hydrogen) atoms. The summed E-state index contributed by atoms with van der Waals surface area (Å²) in [4.78, 5) is 29.0. The van der Waals surface area contributed by atoms with Gasteiger partial charge in [0.1, 0.15) is 11.9 Å². The van der Waals surface area contributed by atoms with Crippen LogP contribution in [-0.4, -0.2) is 40.4 Å². The number of nitrogens with one attached hydrogen (secondary N) is 1. The maximum Gasteiger partial charge on any atom is 0.255 e. The predicted molar refractivity (Wildman–Crippen MR) is 152 cm³/mol. The lowest BCUT2D eigenvalue weighted by atomic mass is 9.88. The summed E-state index contributed by atoms with van der Waals surface area (Å²) in [5, 5.41) is 3.13. The molecule has 4 nitrogen and oxygen atoms in total. The maximum absolute atomic E-state index is 13.7. The van der Waals surface area contributed by atoms with Crippen molar-refractivity contribution in [1.82, 2.24) is 10.2 Å². The van der Waals surface area contributed by atoms with E-state index in [0.29, 0.717) is 23.8 Å². The highest BCUT2D eigenvalue weighted by molar-refractivity contribution is 8.00. The van der Waals surface area contributed by atoms with E-state index in [4.69, 9.17) is 0 Å². The predicted octanol–water partition coefficient (Wildman–Crippen LogP) is 6.63. The Labute approximate surface area is 229 Å². The van der Waals surface area contributed by atoms with Crippen molar-refractivity contribution in [2.45, 2.75) is 55.9 Å². The van der Waals surface area contributed by atoms with Gasteiger partial charge in [-0.3, -0.25) is 9.59 Å². The van der Waals surface area contributed by atoms with E-state index in [1.165, 1.54) is 41.8 Å².